The highest BCUT2D eigenvalue weighted by atomic mass is 79.9. The van der Waals surface area contributed by atoms with Crippen molar-refractivity contribution < 1.29 is 4.92 Å². The van der Waals surface area contributed by atoms with Crippen molar-refractivity contribution in [3.63, 3.8) is 0 Å². The third kappa shape index (κ3) is 3.81. The standard InChI is InChI=1S/C14H10Br2ClNO2/c15-13-6-3-10(17)8-12(13)14(16)7-9-1-4-11(5-2-9)18(19)20/h1-6,8,14H,7H2. The number of nitro groups is 1. The minimum atomic E-state index is -0.400. The zero-order chi connectivity index (χ0) is 14.7. The molecule has 0 aliphatic heterocycles. The van der Waals surface area contributed by atoms with Crippen molar-refractivity contribution in [1.82, 2.24) is 0 Å². The summed E-state index contributed by atoms with van der Waals surface area (Å²) in [6.07, 6.45) is 0.719. The van der Waals surface area contributed by atoms with Crippen molar-refractivity contribution >= 4 is 49.1 Å². The Morgan fingerprint density at radius 2 is 1.85 bits per heavy atom. The fourth-order valence-electron chi connectivity index (χ4n) is 1.83. The first kappa shape index (κ1) is 15.5. The van der Waals surface area contributed by atoms with Gasteiger partial charge < -0.3 is 0 Å². The van der Waals surface area contributed by atoms with Crippen LogP contribution in [-0.2, 0) is 6.42 Å². The largest absolute Gasteiger partial charge is 0.269 e. The molecule has 1 unspecified atom stereocenters. The van der Waals surface area contributed by atoms with Gasteiger partial charge in [-0.2, -0.15) is 0 Å². The van der Waals surface area contributed by atoms with Crippen LogP contribution in [0.1, 0.15) is 16.0 Å². The third-order valence-corrected chi connectivity index (χ3v) is 4.63. The first-order valence-electron chi connectivity index (χ1n) is 5.79. The Kier molecular flexibility index (Phi) is 5.18. The number of nitro benzene ring substituents is 1. The lowest BCUT2D eigenvalue weighted by Crippen LogP contribution is -1.97. The maximum atomic E-state index is 10.6. The van der Waals surface area contributed by atoms with E-state index in [9.17, 15) is 10.1 Å². The van der Waals surface area contributed by atoms with E-state index in [0.717, 1.165) is 22.0 Å². The molecule has 2 aromatic rings. The van der Waals surface area contributed by atoms with Crippen molar-refractivity contribution in [2.45, 2.75) is 11.2 Å². The van der Waals surface area contributed by atoms with Gasteiger partial charge >= 0.3 is 0 Å². The van der Waals surface area contributed by atoms with Gasteiger partial charge in [0.2, 0.25) is 0 Å². The van der Waals surface area contributed by atoms with Gasteiger partial charge in [-0.1, -0.05) is 55.6 Å². The minimum absolute atomic E-state index is 0.0806. The highest BCUT2D eigenvalue weighted by Gasteiger charge is 2.13. The summed E-state index contributed by atoms with van der Waals surface area (Å²) < 4.78 is 0.977. The molecule has 20 heavy (non-hydrogen) atoms. The quantitative estimate of drug-likeness (QED) is 0.363. The molecular formula is C14H10Br2ClNO2. The average molecular weight is 420 g/mol. The van der Waals surface area contributed by atoms with Crippen LogP contribution in [0.15, 0.2) is 46.9 Å². The van der Waals surface area contributed by atoms with E-state index in [1.807, 2.05) is 18.2 Å². The van der Waals surface area contributed by atoms with E-state index in [1.165, 1.54) is 12.1 Å². The van der Waals surface area contributed by atoms with Crippen LogP contribution in [-0.4, -0.2) is 4.92 Å². The molecule has 104 valence electrons. The summed E-state index contributed by atoms with van der Waals surface area (Å²) in [6, 6.07) is 12.2. The number of non-ortho nitro benzene ring substituents is 1. The molecule has 0 fully saturated rings. The first-order chi connectivity index (χ1) is 9.47. The second-order valence-electron chi connectivity index (χ2n) is 4.26. The highest BCUT2D eigenvalue weighted by molar-refractivity contribution is 9.11. The minimum Gasteiger partial charge on any atom is -0.258 e. The van der Waals surface area contributed by atoms with Gasteiger partial charge in [0.05, 0.1) is 4.92 Å². The van der Waals surface area contributed by atoms with Crippen molar-refractivity contribution in [3.05, 3.63) is 73.2 Å². The molecule has 0 aromatic heterocycles. The van der Waals surface area contributed by atoms with E-state index in [0.29, 0.717) is 5.02 Å². The molecule has 0 spiro atoms. The van der Waals surface area contributed by atoms with Gasteiger partial charge in [-0.15, -0.1) is 0 Å². The molecule has 0 heterocycles. The molecule has 0 aliphatic rings. The van der Waals surface area contributed by atoms with Crippen LogP contribution in [0.4, 0.5) is 5.69 Å². The Bertz CT molecular complexity index is 632. The molecule has 0 amide bonds. The number of halogens is 3. The molecule has 0 saturated heterocycles. The van der Waals surface area contributed by atoms with Crippen LogP contribution < -0.4 is 0 Å². The summed E-state index contributed by atoms with van der Waals surface area (Å²) in [7, 11) is 0. The predicted octanol–water partition coefficient (Wildman–Crippen LogP) is 5.69. The first-order valence-corrected chi connectivity index (χ1v) is 7.88. The lowest BCUT2D eigenvalue weighted by Gasteiger charge is -2.12. The van der Waals surface area contributed by atoms with Gasteiger partial charge in [0.25, 0.3) is 5.69 Å². The monoisotopic (exact) mass is 417 g/mol. The Morgan fingerprint density at radius 1 is 1.20 bits per heavy atom. The van der Waals surface area contributed by atoms with E-state index < -0.39 is 4.92 Å². The lowest BCUT2D eigenvalue weighted by atomic mass is 10.0. The number of benzene rings is 2. The predicted molar refractivity (Wildman–Crippen MR) is 87.6 cm³/mol. The third-order valence-electron chi connectivity index (χ3n) is 2.86. The lowest BCUT2D eigenvalue weighted by molar-refractivity contribution is -0.384. The fraction of sp³-hybridized carbons (Fsp3) is 0.143. The van der Waals surface area contributed by atoms with E-state index in [2.05, 4.69) is 31.9 Å². The van der Waals surface area contributed by atoms with Crippen molar-refractivity contribution in [2.75, 3.05) is 0 Å². The van der Waals surface area contributed by atoms with Gasteiger partial charge in [-0.3, -0.25) is 10.1 Å². The van der Waals surface area contributed by atoms with E-state index in [4.69, 9.17) is 11.6 Å². The molecule has 0 N–H and O–H groups in total. The number of nitrogens with zero attached hydrogens (tertiary/aromatic N) is 1. The molecule has 0 aliphatic carbocycles. The summed E-state index contributed by atoms with van der Waals surface area (Å²) in [5.41, 5.74) is 2.17. The van der Waals surface area contributed by atoms with Gasteiger partial charge in [-0.05, 0) is 35.7 Å². The maximum Gasteiger partial charge on any atom is 0.269 e. The normalized spacial score (nSPS) is 12.2. The van der Waals surface area contributed by atoms with E-state index >= 15 is 0 Å². The van der Waals surface area contributed by atoms with Crippen LogP contribution in [0, 0.1) is 10.1 Å². The van der Waals surface area contributed by atoms with Gasteiger partial charge in [0, 0.05) is 26.5 Å². The van der Waals surface area contributed by atoms with E-state index in [-0.39, 0.29) is 10.5 Å². The molecule has 1 atom stereocenters. The summed E-state index contributed by atoms with van der Waals surface area (Å²) in [5.74, 6) is 0. The highest BCUT2D eigenvalue weighted by Crippen LogP contribution is 2.34. The van der Waals surface area contributed by atoms with Crippen LogP contribution in [0.25, 0.3) is 0 Å². The SMILES string of the molecule is O=[N+]([O-])c1ccc(CC(Br)c2cc(Cl)ccc2Br)cc1. The number of hydrogen-bond donors (Lipinski definition) is 0. The fourth-order valence-corrected chi connectivity index (χ4v) is 3.59. The van der Waals surface area contributed by atoms with E-state index in [1.54, 1.807) is 12.1 Å². The Labute approximate surface area is 138 Å². The Balaban J connectivity index is 2.16. The van der Waals surface area contributed by atoms with Crippen LogP contribution in [0.2, 0.25) is 5.02 Å². The molecule has 0 saturated carbocycles. The topological polar surface area (TPSA) is 43.1 Å². The summed E-state index contributed by atoms with van der Waals surface area (Å²) in [4.78, 5) is 10.3. The number of hydrogen-bond acceptors (Lipinski definition) is 2. The van der Waals surface area contributed by atoms with Crippen molar-refractivity contribution in [2.24, 2.45) is 0 Å². The van der Waals surface area contributed by atoms with Gasteiger partial charge in [0.1, 0.15) is 0 Å². The average Bonchev–Trinajstić information content (AvgIpc) is 2.42. The van der Waals surface area contributed by atoms with Crippen LogP contribution in [0.5, 0.6) is 0 Å². The molecule has 2 aromatic carbocycles. The molecule has 0 bridgehead atoms. The number of alkyl halides is 1. The van der Waals surface area contributed by atoms with Crippen LogP contribution in [0.3, 0.4) is 0 Å². The van der Waals surface area contributed by atoms with Gasteiger partial charge in [-0.25, -0.2) is 0 Å². The van der Waals surface area contributed by atoms with Gasteiger partial charge in [0.15, 0.2) is 0 Å². The second kappa shape index (κ2) is 6.70. The summed E-state index contributed by atoms with van der Waals surface area (Å²) >= 11 is 13.1. The zero-order valence-corrected chi connectivity index (χ0v) is 14.2. The molecule has 0 radical (unpaired) electrons. The second-order valence-corrected chi connectivity index (χ2v) is 6.66. The maximum absolute atomic E-state index is 10.6. The van der Waals surface area contributed by atoms with Crippen LogP contribution >= 0.6 is 43.5 Å². The number of rotatable bonds is 4. The molecule has 3 nitrogen and oxygen atoms in total. The summed E-state index contributed by atoms with van der Waals surface area (Å²) in [5, 5.41) is 11.3. The summed E-state index contributed by atoms with van der Waals surface area (Å²) in [6.45, 7) is 0. The Hall–Kier alpha value is -0.910. The molecule has 6 heteroatoms. The Morgan fingerprint density at radius 3 is 2.45 bits per heavy atom. The smallest absolute Gasteiger partial charge is 0.258 e. The zero-order valence-electron chi connectivity index (χ0n) is 10.2. The molecular weight excluding hydrogens is 409 g/mol. The van der Waals surface area contributed by atoms with Crippen molar-refractivity contribution in [3.8, 4) is 0 Å². The molecule has 2 rings (SSSR count). The van der Waals surface area contributed by atoms with Crippen molar-refractivity contribution in [1.29, 1.82) is 0 Å².